The van der Waals surface area contributed by atoms with Crippen LogP contribution in [0, 0.1) is 0 Å². The van der Waals surface area contributed by atoms with Crippen molar-refractivity contribution in [3.63, 3.8) is 0 Å². The number of nitrogens with one attached hydrogen (secondary N) is 2. The Morgan fingerprint density at radius 1 is 1.41 bits per heavy atom. The van der Waals surface area contributed by atoms with Crippen molar-refractivity contribution in [2.45, 2.75) is 32.7 Å². The summed E-state index contributed by atoms with van der Waals surface area (Å²) in [6.45, 7) is 4.58. The second-order valence-electron chi connectivity index (χ2n) is 4.10. The first-order valence-corrected chi connectivity index (χ1v) is 6.70. The number of hydrogen-bond donors (Lipinski definition) is 2. The van der Waals surface area contributed by atoms with Gasteiger partial charge in [0.2, 0.25) is 5.91 Å². The van der Waals surface area contributed by atoms with Crippen LogP contribution in [0.4, 0.5) is 5.69 Å². The first-order chi connectivity index (χ1) is 8.13. The lowest BCUT2D eigenvalue weighted by Gasteiger charge is -2.13. The topological polar surface area (TPSA) is 41.1 Å². The predicted octanol–water partition coefficient (Wildman–Crippen LogP) is 3.17. The Labute approximate surface area is 111 Å². The molecule has 1 amide bonds. The van der Waals surface area contributed by atoms with Gasteiger partial charge in [-0.2, -0.15) is 0 Å². The van der Waals surface area contributed by atoms with Crippen molar-refractivity contribution < 1.29 is 4.79 Å². The van der Waals surface area contributed by atoms with E-state index in [0.717, 1.165) is 23.0 Å². The monoisotopic (exact) mass is 298 g/mol. The molecule has 0 aliphatic heterocycles. The van der Waals surface area contributed by atoms with Gasteiger partial charge in [0.1, 0.15) is 0 Å². The quantitative estimate of drug-likeness (QED) is 0.847. The summed E-state index contributed by atoms with van der Waals surface area (Å²) in [5.41, 5.74) is 0.808. The highest BCUT2D eigenvalue weighted by Gasteiger charge is 2.06. The van der Waals surface area contributed by atoms with Gasteiger partial charge in [-0.15, -0.1) is 0 Å². The second kappa shape index (κ2) is 7.45. The Morgan fingerprint density at radius 2 is 2.12 bits per heavy atom. The fourth-order valence-corrected chi connectivity index (χ4v) is 1.94. The van der Waals surface area contributed by atoms with Gasteiger partial charge >= 0.3 is 0 Å². The van der Waals surface area contributed by atoms with E-state index in [4.69, 9.17) is 0 Å². The van der Waals surface area contributed by atoms with E-state index in [1.165, 1.54) is 0 Å². The molecule has 94 valence electrons. The highest BCUT2D eigenvalue weighted by molar-refractivity contribution is 9.10. The summed E-state index contributed by atoms with van der Waals surface area (Å²) in [6, 6.07) is 7.97. The smallest absolute Gasteiger partial charge is 0.238 e. The van der Waals surface area contributed by atoms with E-state index in [9.17, 15) is 4.79 Å². The number of carbonyl (C=O) groups is 1. The molecular weight excluding hydrogens is 280 g/mol. The van der Waals surface area contributed by atoms with Crippen LogP contribution in [0.2, 0.25) is 0 Å². The van der Waals surface area contributed by atoms with Crippen LogP contribution in [0.1, 0.15) is 26.7 Å². The van der Waals surface area contributed by atoms with Crippen LogP contribution in [-0.4, -0.2) is 18.5 Å². The van der Waals surface area contributed by atoms with E-state index in [1.54, 1.807) is 0 Å². The highest BCUT2D eigenvalue weighted by Crippen LogP contribution is 2.20. The van der Waals surface area contributed by atoms with Gasteiger partial charge in [-0.25, -0.2) is 0 Å². The summed E-state index contributed by atoms with van der Waals surface area (Å²) >= 11 is 3.39. The first kappa shape index (κ1) is 14.2. The summed E-state index contributed by atoms with van der Waals surface area (Å²) in [5, 5.41) is 6.06. The number of amides is 1. The Balaban J connectivity index is 2.37. The largest absolute Gasteiger partial charge is 0.324 e. The van der Waals surface area contributed by atoms with Gasteiger partial charge < -0.3 is 10.6 Å². The highest BCUT2D eigenvalue weighted by atomic mass is 79.9. The van der Waals surface area contributed by atoms with E-state index in [1.807, 2.05) is 24.3 Å². The second-order valence-corrected chi connectivity index (χ2v) is 4.95. The molecule has 4 heteroatoms. The number of halogens is 1. The minimum absolute atomic E-state index is 0.0140. The molecule has 1 unspecified atom stereocenters. The fourth-order valence-electron chi connectivity index (χ4n) is 1.56. The van der Waals surface area contributed by atoms with Crippen LogP contribution < -0.4 is 10.6 Å². The van der Waals surface area contributed by atoms with Crippen LogP contribution in [0.15, 0.2) is 28.7 Å². The first-order valence-electron chi connectivity index (χ1n) is 5.91. The summed E-state index contributed by atoms with van der Waals surface area (Å²) in [7, 11) is 0. The zero-order chi connectivity index (χ0) is 12.7. The molecule has 0 aliphatic carbocycles. The molecule has 0 bridgehead atoms. The van der Waals surface area contributed by atoms with Crippen molar-refractivity contribution >= 4 is 27.5 Å². The molecule has 17 heavy (non-hydrogen) atoms. The van der Waals surface area contributed by atoms with E-state index in [2.05, 4.69) is 40.4 Å². The molecule has 0 radical (unpaired) electrons. The maximum atomic E-state index is 11.7. The lowest BCUT2D eigenvalue weighted by atomic mass is 10.2. The van der Waals surface area contributed by atoms with Crippen LogP contribution in [0.25, 0.3) is 0 Å². The number of benzene rings is 1. The predicted molar refractivity (Wildman–Crippen MR) is 75.1 cm³/mol. The summed E-state index contributed by atoms with van der Waals surface area (Å²) in [5.74, 6) is -0.0140. The Kier molecular flexibility index (Phi) is 6.22. The van der Waals surface area contributed by atoms with Gasteiger partial charge in [0.05, 0.1) is 12.2 Å². The van der Waals surface area contributed by atoms with E-state index in [0.29, 0.717) is 12.6 Å². The molecule has 1 atom stereocenters. The minimum atomic E-state index is -0.0140. The van der Waals surface area contributed by atoms with Crippen molar-refractivity contribution in [1.82, 2.24) is 5.32 Å². The third kappa shape index (κ3) is 5.33. The lowest BCUT2D eigenvalue weighted by Crippen LogP contribution is -2.34. The molecule has 0 heterocycles. The van der Waals surface area contributed by atoms with Gasteiger partial charge in [-0.1, -0.05) is 25.5 Å². The van der Waals surface area contributed by atoms with Gasteiger partial charge in [0, 0.05) is 10.5 Å². The van der Waals surface area contributed by atoms with Crippen molar-refractivity contribution in [1.29, 1.82) is 0 Å². The van der Waals surface area contributed by atoms with Crippen LogP contribution >= 0.6 is 15.9 Å². The zero-order valence-corrected chi connectivity index (χ0v) is 11.9. The van der Waals surface area contributed by atoms with E-state index in [-0.39, 0.29) is 5.91 Å². The van der Waals surface area contributed by atoms with Crippen molar-refractivity contribution in [2.24, 2.45) is 0 Å². The molecule has 0 spiro atoms. The molecule has 1 aromatic carbocycles. The van der Waals surface area contributed by atoms with Crippen LogP contribution in [0.5, 0.6) is 0 Å². The molecule has 2 N–H and O–H groups in total. The van der Waals surface area contributed by atoms with Gasteiger partial charge in [0.15, 0.2) is 0 Å². The van der Waals surface area contributed by atoms with Gasteiger partial charge in [0.25, 0.3) is 0 Å². The molecule has 1 rings (SSSR count). The average molecular weight is 299 g/mol. The number of anilines is 1. The molecular formula is C13H19BrN2O. The number of hydrogen-bond acceptors (Lipinski definition) is 2. The average Bonchev–Trinajstić information content (AvgIpc) is 2.30. The SMILES string of the molecule is CCCC(C)NCC(=O)Nc1ccccc1Br. The van der Waals surface area contributed by atoms with Gasteiger partial charge in [-0.3, -0.25) is 4.79 Å². The third-order valence-corrected chi connectivity index (χ3v) is 3.17. The normalized spacial score (nSPS) is 12.2. The van der Waals surface area contributed by atoms with E-state index >= 15 is 0 Å². The lowest BCUT2D eigenvalue weighted by molar-refractivity contribution is -0.115. The summed E-state index contributed by atoms with van der Waals surface area (Å²) < 4.78 is 0.898. The number of carbonyl (C=O) groups excluding carboxylic acids is 1. The molecule has 1 aromatic rings. The Morgan fingerprint density at radius 3 is 2.76 bits per heavy atom. The summed E-state index contributed by atoms with van der Waals surface area (Å²) in [6.07, 6.45) is 2.21. The van der Waals surface area contributed by atoms with Gasteiger partial charge in [-0.05, 0) is 41.4 Å². The van der Waals surface area contributed by atoms with Crippen molar-refractivity contribution in [3.05, 3.63) is 28.7 Å². The van der Waals surface area contributed by atoms with E-state index < -0.39 is 0 Å². The molecule has 0 aromatic heterocycles. The van der Waals surface area contributed by atoms with Crippen LogP contribution in [0.3, 0.4) is 0 Å². The zero-order valence-electron chi connectivity index (χ0n) is 10.3. The Bertz CT molecular complexity index is 368. The number of para-hydroxylation sites is 1. The van der Waals surface area contributed by atoms with Crippen molar-refractivity contribution in [2.75, 3.05) is 11.9 Å². The fraction of sp³-hybridized carbons (Fsp3) is 0.462. The van der Waals surface area contributed by atoms with Crippen molar-refractivity contribution in [3.8, 4) is 0 Å². The summed E-state index contributed by atoms with van der Waals surface area (Å²) in [4.78, 5) is 11.7. The molecule has 0 saturated carbocycles. The molecule has 0 saturated heterocycles. The number of rotatable bonds is 6. The maximum absolute atomic E-state index is 11.7. The molecule has 0 fully saturated rings. The minimum Gasteiger partial charge on any atom is -0.324 e. The molecule has 3 nitrogen and oxygen atoms in total. The maximum Gasteiger partial charge on any atom is 0.238 e. The standard InChI is InChI=1S/C13H19BrN2O/c1-3-6-10(2)15-9-13(17)16-12-8-5-4-7-11(12)14/h4-5,7-8,10,15H,3,6,9H2,1-2H3,(H,16,17). The van der Waals surface area contributed by atoms with Crippen LogP contribution in [-0.2, 0) is 4.79 Å². The Hall–Kier alpha value is -0.870. The third-order valence-electron chi connectivity index (χ3n) is 2.48. The molecule has 0 aliphatic rings.